The normalized spacial score (nSPS) is 16.9. The SMILES string of the molecule is CC(CS(=O)(=O)N(CCC#N)C1CC1)c1ccccc1. The molecule has 4 nitrogen and oxygen atoms in total. The van der Waals surface area contributed by atoms with Crippen LogP contribution in [0.2, 0.25) is 0 Å². The van der Waals surface area contributed by atoms with E-state index in [0.29, 0.717) is 6.54 Å². The molecule has 108 valence electrons. The van der Waals surface area contributed by atoms with Gasteiger partial charge in [-0.2, -0.15) is 9.57 Å². The fourth-order valence-corrected chi connectivity index (χ4v) is 4.41. The summed E-state index contributed by atoms with van der Waals surface area (Å²) >= 11 is 0. The molecule has 0 N–H and O–H groups in total. The molecule has 1 aliphatic carbocycles. The van der Waals surface area contributed by atoms with Gasteiger partial charge < -0.3 is 0 Å². The average molecular weight is 292 g/mol. The predicted molar refractivity (Wildman–Crippen MR) is 78.6 cm³/mol. The fraction of sp³-hybridized carbons (Fsp3) is 0.533. The van der Waals surface area contributed by atoms with Crippen molar-refractivity contribution < 1.29 is 8.42 Å². The smallest absolute Gasteiger partial charge is 0.212 e. The summed E-state index contributed by atoms with van der Waals surface area (Å²) < 4.78 is 26.6. The van der Waals surface area contributed by atoms with Crippen molar-refractivity contribution in [1.29, 1.82) is 5.26 Å². The Morgan fingerprint density at radius 3 is 2.55 bits per heavy atom. The Morgan fingerprint density at radius 1 is 1.35 bits per heavy atom. The van der Waals surface area contributed by atoms with Gasteiger partial charge in [0.1, 0.15) is 0 Å². The van der Waals surface area contributed by atoms with Gasteiger partial charge in [-0.1, -0.05) is 37.3 Å². The summed E-state index contributed by atoms with van der Waals surface area (Å²) in [7, 11) is -3.30. The molecule has 0 radical (unpaired) electrons. The van der Waals surface area contributed by atoms with Gasteiger partial charge in [0, 0.05) is 19.0 Å². The second-order valence-corrected chi connectivity index (χ2v) is 7.31. The summed E-state index contributed by atoms with van der Waals surface area (Å²) in [6.07, 6.45) is 2.10. The molecule has 0 heterocycles. The van der Waals surface area contributed by atoms with Crippen LogP contribution in [-0.4, -0.2) is 31.1 Å². The van der Waals surface area contributed by atoms with Gasteiger partial charge in [-0.25, -0.2) is 8.42 Å². The molecule has 5 heteroatoms. The standard InChI is InChI=1S/C15H20N2O2S/c1-13(14-6-3-2-4-7-14)12-20(18,19)17(11-5-10-16)15-8-9-15/h2-4,6-7,13,15H,5,8-9,11-12H2,1H3. The molecular weight excluding hydrogens is 272 g/mol. The second-order valence-electron chi connectivity index (χ2n) is 5.34. The van der Waals surface area contributed by atoms with Crippen LogP contribution in [0, 0.1) is 11.3 Å². The van der Waals surface area contributed by atoms with E-state index in [1.807, 2.05) is 43.3 Å². The van der Waals surface area contributed by atoms with E-state index < -0.39 is 10.0 Å². The van der Waals surface area contributed by atoms with Crippen molar-refractivity contribution in [3.8, 4) is 6.07 Å². The summed E-state index contributed by atoms with van der Waals surface area (Å²) in [5.41, 5.74) is 1.03. The summed E-state index contributed by atoms with van der Waals surface area (Å²) in [5.74, 6) is 0.0726. The molecule has 0 amide bonds. The second kappa shape index (κ2) is 6.38. The maximum Gasteiger partial charge on any atom is 0.214 e. The van der Waals surface area contributed by atoms with Gasteiger partial charge in [0.2, 0.25) is 10.0 Å². The highest BCUT2D eigenvalue weighted by Crippen LogP contribution is 2.31. The van der Waals surface area contributed by atoms with Gasteiger partial charge in [0.25, 0.3) is 0 Å². The van der Waals surface area contributed by atoms with E-state index in [9.17, 15) is 8.42 Å². The lowest BCUT2D eigenvalue weighted by atomic mass is 10.0. The van der Waals surface area contributed by atoms with Gasteiger partial charge >= 0.3 is 0 Å². The van der Waals surface area contributed by atoms with E-state index in [0.717, 1.165) is 18.4 Å². The maximum absolute atomic E-state index is 12.5. The first kappa shape index (κ1) is 15.0. The van der Waals surface area contributed by atoms with Crippen LogP contribution in [0.1, 0.15) is 37.7 Å². The van der Waals surface area contributed by atoms with Crippen molar-refractivity contribution in [1.82, 2.24) is 4.31 Å². The molecule has 0 spiro atoms. The molecule has 0 bridgehead atoms. The number of benzene rings is 1. The fourth-order valence-electron chi connectivity index (χ4n) is 2.36. The van der Waals surface area contributed by atoms with Crippen molar-refractivity contribution in [3.05, 3.63) is 35.9 Å². The predicted octanol–water partition coefficient (Wildman–Crippen LogP) is 2.50. The van der Waals surface area contributed by atoms with Crippen LogP contribution in [0.4, 0.5) is 0 Å². The minimum Gasteiger partial charge on any atom is -0.212 e. The Balaban J connectivity index is 2.07. The molecule has 1 atom stereocenters. The zero-order chi connectivity index (χ0) is 14.6. The maximum atomic E-state index is 12.5. The van der Waals surface area contributed by atoms with Gasteiger partial charge in [-0.3, -0.25) is 0 Å². The van der Waals surface area contributed by atoms with Crippen molar-refractivity contribution in [2.45, 2.75) is 38.1 Å². The number of hydrogen-bond acceptors (Lipinski definition) is 3. The first-order valence-corrected chi connectivity index (χ1v) is 8.57. The lowest BCUT2D eigenvalue weighted by molar-refractivity contribution is 0.409. The first-order chi connectivity index (χ1) is 9.54. The first-order valence-electron chi connectivity index (χ1n) is 6.96. The van der Waals surface area contributed by atoms with Crippen molar-refractivity contribution in [2.24, 2.45) is 0 Å². The Labute approximate surface area is 121 Å². The van der Waals surface area contributed by atoms with Crippen LogP contribution in [0.25, 0.3) is 0 Å². The van der Waals surface area contributed by atoms with Gasteiger partial charge in [0.05, 0.1) is 11.8 Å². The minimum absolute atomic E-state index is 0.0375. The lowest BCUT2D eigenvalue weighted by Crippen LogP contribution is -2.36. The van der Waals surface area contributed by atoms with Crippen LogP contribution in [0.5, 0.6) is 0 Å². The van der Waals surface area contributed by atoms with Crippen LogP contribution in [0.3, 0.4) is 0 Å². The van der Waals surface area contributed by atoms with E-state index in [4.69, 9.17) is 5.26 Å². The van der Waals surface area contributed by atoms with Gasteiger partial charge in [0.15, 0.2) is 0 Å². The van der Waals surface area contributed by atoms with Crippen molar-refractivity contribution >= 4 is 10.0 Å². The van der Waals surface area contributed by atoms with Crippen molar-refractivity contribution in [3.63, 3.8) is 0 Å². The highest BCUT2D eigenvalue weighted by atomic mass is 32.2. The van der Waals surface area contributed by atoms with Gasteiger partial charge in [-0.05, 0) is 24.3 Å². The third-order valence-corrected chi connectivity index (χ3v) is 5.70. The number of nitriles is 1. The molecule has 20 heavy (non-hydrogen) atoms. The van der Waals surface area contributed by atoms with E-state index in [-0.39, 0.29) is 24.1 Å². The zero-order valence-electron chi connectivity index (χ0n) is 11.7. The molecule has 0 saturated heterocycles. The Bertz CT molecular complexity index is 574. The molecule has 0 aliphatic heterocycles. The zero-order valence-corrected chi connectivity index (χ0v) is 12.5. The summed E-state index contributed by atoms with van der Waals surface area (Å²) in [4.78, 5) is 0. The third kappa shape index (κ3) is 3.81. The molecule has 1 fully saturated rings. The Morgan fingerprint density at radius 2 is 2.00 bits per heavy atom. The molecule has 1 aromatic carbocycles. The van der Waals surface area contributed by atoms with E-state index in [2.05, 4.69) is 0 Å². The number of sulfonamides is 1. The molecule has 1 saturated carbocycles. The highest BCUT2D eigenvalue weighted by molar-refractivity contribution is 7.89. The average Bonchev–Trinajstić information content (AvgIpc) is 3.24. The summed E-state index contributed by atoms with van der Waals surface area (Å²) in [6.45, 7) is 2.26. The molecule has 0 aromatic heterocycles. The Hall–Kier alpha value is -1.38. The van der Waals surface area contributed by atoms with Gasteiger partial charge in [-0.15, -0.1) is 0 Å². The Kier molecular flexibility index (Phi) is 4.79. The van der Waals surface area contributed by atoms with E-state index >= 15 is 0 Å². The number of hydrogen-bond donors (Lipinski definition) is 0. The monoisotopic (exact) mass is 292 g/mol. The molecule has 1 aliphatic rings. The quantitative estimate of drug-likeness (QED) is 0.775. The minimum atomic E-state index is -3.30. The van der Waals surface area contributed by atoms with Crippen LogP contribution in [-0.2, 0) is 10.0 Å². The third-order valence-electron chi connectivity index (χ3n) is 3.58. The highest BCUT2D eigenvalue weighted by Gasteiger charge is 2.37. The molecule has 1 aromatic rings. The number of rotatable bonds is 7. The van der Waals surface area contributed by atoms with Crippen LogP contribution in [0.15, 0.2) is 30.3 Å². The summed E-state index contributed by atoms with van der Waals surface area (Å²) in [5, 5.41) is 8.67. The van der Waals surface area contributed by atoms with E-state index in [1.54, 1.807) is 0 Å². The van der Waals surface area contributed by atoms with E-state index in [1.165, 1.54) is 4.31 Å². The van der Waals surface area contributed by atoms with Crippen LogP contribution >= 0.6 is 0 Å². The summed E-state index contributed by atoms with van der Waals surface area (Å²) in [6, 6.07) is 11.8. The molecular formula is C15H20N2O2S. The van der Waals surface area contributed by atoms with Crippen LogP contribution < -0.4 is 0 Å². The number of nitrogens with zero attached hydrogens (tertiary/aromatic N) is 2. The van der Waals surface area contributed by atoms with Crippen molar-refractivity contribution in [2.75, 3.05) is 12.3 Å². The molecule has 1 unspecified atom stereocenters. The largest absolute Gasteiger partial charge is 0.214 e. The molecule has 2 rings (SSSR count). The lowest BCUT2D eigenvalue weighted by Gasteiger charge is -2.23. The topological polar surface area (TPSA) is 61.2 Å².